The molecule has 0 aromatic heterocycles. The fraction of sp³-hybridized carbons (Fsp3) is 0.588. The van der Waals surface area contributed by atoms with Gasteiger partial charge in [0.1, 0.15) is 12.4 Å². The third kappa shape index (κ3) is 5.29. The van der Waals surface area contributed by atoms with Crippen molar-refractivity contribution in [2.24, 2.45) is 5.92 Å². The Labute approximate surface area is 127 Å². The van der Waals surface area contributed by atoms with E-state index in [-0.39, 0.29) is 6.03 Å². The molecule has 0 saturated heterocycles. The molecule has 4 heteroatoms. The number of nitrogens with one attached hydrogen (secondary N) is 2. The lowest BCUT2D eigenvalue weighted by atomic mass is 10.1. The van der Waals surface area contributed by atoms with E-state index in [4.69, 9.17) is 4.74 Å². The Kier molecular flexibility index (Phi) is 5.90. The van der Waals surface area contributed by atoms with Gasteiger partial charge in [-0.15, -0.1) is 0 Å². The molecular formula is C17H26N2O2. The van der Waals surface area contributed by atoms with Crippen LogP contribution >= 0.6 is 0 Å². The van der Waals surface area contributed by atoms with E-state index in [1.807, 2.05) is 6.07 Å². The first-order valence-corrected chi connectivity index (χ1v) is 7.91. The molecule has 2 amide bonds. The maximum absolute atomic E-state index is 11.5. The van der Waals surface area contributed by atoms with Crippen molar-refractivity contribution in [2.75, 3.05) is 19.7 Å². The number of hydrogen-bond acceptors (Lipinski definition) is 2. The van der Waals surface area contributed by atoms with Crippen molar-refractivity contribution in [3.05, 3.63) is 29.3 Å². The fourth-order valence-electron chi connectivity index (χ4n) is 2.51. The van der Waals surface area contributed by atoms with Gasteiger partial charge in [0.2, 0.25) is 0 Å². The highest BCUT2D eigenvalue weighted by atomic mass is 16.5. The fourth-order valence-corrected chi connectivity index (χ4v) is 2.51. The zero-order valence-corrected chi connectivity index (χ0v) is 13.1. The quantitative estimate of drug-likeness (QED) is 0.759. The van der Waals surface area contributed by atoms with E-state index in [0.29, 0.717) is 19.1 Å². The standard InChI is InChI=1S/C17H26N2O2/c1-13(2)8-9-18-17(20)19-10-11-21-16-7-6-14-4-3-5-15(14)12-16/h6-7,12-13H,3-5,8-11H2,1-2H3,(H2,18,19,20). The molecule has 0 spiro atoms. The molecule has 116 valence electrons. The van der Waals surface area contributed by atoms with Gasteiger partial charge < -0.3 is 15.4 Å². The summed E-state index contributed by atoms with van der Waals surface area (Å²) in [6, 6.07) is 6.19. The third-order valence-electron chi connectivity index (χ3n) is 3.73. The number of benzene rings is 1. The first kappa shape index (κ1) is 15.7. The summed E-state index contributed by atoms with van der Waals surface area (Å²) in [4.78, 5) is 11.5. The topological polar surface area (TPSA) is 50.4 Å². The summed E-state index contributed by atoms with van der Waals surface area (Å²) in [5.74, 6) is 1.51. The van der Waals surface area contributed by atoms with Crippen LogP contribution in [0.1, 0.15) is 37.8 Å². The number of amides is 2. The van der Waals surface area contributed by atoms with Crippen molar-refractivity contribution in [2.45, 2.75) is 39.5 Å². The Morgan fingerprint density at radius 3 is 2.76 bits per heavy atom. The van der Waals surface area contributed by atoms with Gasteiger partial charge in [0.15, 0.2) is 0 Å². The first-order valence-electron chi connectivity index (χ1n) is 7.91. The second-order valence-corrected chi connectivity index (χ2v) is 6.00. The van der Waals surface area contributed by atoms with Crippen LogP contribution in [0.2, 0.25) is 0 Å². The molecule has 0 heterocycles. The summed E-state index contributed by atoms with van der Waals surface area (Å²) in [6.07, 6.45) is 4.59. The van der Waals surface area contributed by atoms with Gasteiger partial charge in [-0.2, -0.15) is 0 Å². The van der Waals surface area contributed by atoms with Crippen molar-refractivity contribution in [1.29, 1.82) is 0 Å². The molecule has 0 bridgehead atoms. The second-order valence-electron chi connectivity index (χ2n) is 6.00. The maximum Gasteiger partial charge on any atom is 0.314 e. The van der Waals surface area contributed by atoms with E-state index >= 15 is 0 Å². The zero-order valence-electron chi connectivity index (χ0n) is 13.1. The Morgan fingerprint density at radius 1 is 1.19 bits per heavy atom. The van der Waals surface area contributed by atoms with Gasteiger partial charge in [0.25, 0.3) is 0 Å². The first-order chi connectivity index (χ1) is 10.1. The van der Waals surface area contributed by atoms with Crippen LogP contribution in [0.15, 0.2) is 18.2 Å². The van der Waals surface area contributed by atoms with E-state index < -0.39 is 0 Å². The van der Waals surface area contributed by atoms with Crippen molar-refractivity contribution in [1.82, 2.24) is 10.6 Å². The van der Waals surface area contributed by atoms with Gasteiger partial charge >= 0.3 is 6.03 Å². The van der Waals surface area contributed by atoms with Crippen LogP contribution in [0.5, 0.6) is 5.75 Å². The lowest BCUT2D eigenvalue weighted by Crippen LogP contribution is -2.38. The molecule has 0 saturated carbocycles. The Hall–Kier alpha value is -1.71. The van der Waals surface area contributed by atoms with Gasteiger partial charge in [0, 0.05) is 6.54 Å². The molecule has 0 fully saturated rings. The lowest BCUT2D eigenvalue weighted by Gasteiger charge is -2.10. The minimum Gasteiger partial charge on any atom is -0.492 e. The number of urea groups is 1. The Bertz CT molecular complexity index is 472. The highest BCUT2D eigenvalue weighted by Gasteiger charge is 2.11. The minimum atomic E-state index is -0.117. The summed E-state index contributed by atoms with van der Waals surface area (Å²) in [6.45, 7) is 6.02. The molecular weight excluding hydrogens is 264 g/mol. The molecule has 0 radical (unpaired) electrons. The monoisotopic (exact) mass is 290 g/mol. The normalized spacial score (nSPS) is 13.1. The number of fused-ring (bicyclic) bond motifs is 1. The average Bonchev–Trinajstić information content (AvgIpc) is 2.90. The SMILES string of the molecule is CC(C)CCNC(=O)NCCOc1ccc2c(c1)CCC2. The second kappa shape index (κ2) is 7.91. The summed E-state index contributed by atoms with van der Waals surface area (Å²) in [5.41, 5.74) is 2.86. The van der Waals surface area contributed by atoms with E-state index in [9.17, 15) is 4.79 Å². The number of carbonyl (C=O) groups excluding carboxylic acids is 1. The summed E-state index contributed by atoms with van der Waals surface area (Å²) < 4.78 is 5.68. The highest BCUT2D eigenvalue weighted by molar-refractivity contribution is 5.73. The smallest absolute Gasteiger partial charge is 0.314 e. The predicted octanol–water partition coefficient (Wildman–Crippen LogP) is 2.90. The minimum absolute atomic E-state index is 0.117. The molecule has 21 heavy (non-hydrogen) atoms. The lowest BCUT2D eigenvalue weighted by molar-refractivity contribution is 0.236. The molecule has 4 nitrogen and oxygen atoms in total. The van der Waals surface area contributed by atoms with E-state index in [0.717, 1.165) is 25.1 Å². The average molecular weight is 290 g/mol. The maximum atomic E-state index is 11.5. The molecule has 0 atom stereocenters. The van der Waals surface area contributed by atoms with Crippen LogP contribution < -0.4 is 15.4 Å². The van der Waals surface area contributed by atoms with E-state index in [1.54, 1.807) is 0 Å². The predicted molar refractivity (Wildman–Crippen MR) is 84.8 cm³/mol. The number of hydrogen-bond donors (Lipinski definition) is 2. The largest absolute Gasteiger partial charge is 0.492 e. The van der Waals surface area contributed by atoms with Gasteiger partial charge in [0.05, 0.1) is 6.54 Å². The molecule has 1 aromatic rings. The van der Waals surface area contributed by atoms with Gasteiger partial charge in [-0.25, -0.2) is 4.79 Å². The molecule has 2 N–H and O–H groups in total. The molecule has 1 aliphatic rings. The molecule has 0 unspecified atom stereocenters. The molecule has 1 aromatic carbocycles. The van der Waals surface area contributed by atoms with Crippen LogP contribution in [0, 0.1) is 5.92 Å². The van der Waals surface area contributed by atoms with Crippen molar-refractivity contribution in [3.63, 3.8) is 0 Å². The molecule has 0 aliphatic heterocycles. The van der Waals surface area contributed by atoms with Gasteiger partial charge in [-0.05, 0) is 54.9 Å². The summed E-state index contributed by atoms with van der Waals surface area (Å²) >= 11 is 0. The van der Waals surface area contributed by atoms with Crippen molar-refractivity contribution in [3.8, 4) is 5.75 Å². The van der Waals surface area contributed by atoms with Crippen LogP contribution in [0.25, 0.3) is 0 Å². The molecule has 2 rings (SSSR count). The molecule has 1 aliphatic carbocycles. The third-order valence-corrected chi connectivity index (χ3v) is 3.73. The summed E-state index contributed by atoms with van der Waals surface area (Å²) in [7, 11) is 0. The number of carbonyl (C=O) groups is 1. The van der Waals surface area contributed by atoms with Gasteiger partial charge in [-0.1, -0.05) is 19.9 Å². The van der Waals surface area contributed by atoms with Crippen molar-refractivity contribution >= 4 is 6.03 Å². The van der Waals surface area contributed by atoms with Crippen LogP contribution in [0.3, 0.4) is 0 Å². The Balaban J connectivity index is 1.60. The number of aryl methyl sites for hydroxylation is 2. The van der Waals surface area contributed by atoms with Gasteiger partial charge in [-0.3, -0.25) is 0 Å². The number of rotatable bonds is 7. The van der Waals surface area contributed by atoms with E-state index in [1.165, 1.54) is 24.0 Å². The van der Waals surface area contributed by atoms with Crippen LogP contribution in [-0.4, -0.2) is 25.7 Å². The van der Waals surface area contributed by atoms with Crippen molar-refractivity contribution < 1.29 is 9.53 Å². The van der Waals surface area contributed by atoms with E-state index in [2.05, 4.69) is 36.6 Å². The van der Waals surface area contributed by atoms with Crippen LogP contribution in [-0.2, 0) is 12.8 Å². The highest BCUT2D eigenvalue weighted by Crippen LogP contribution is 2.25. The summed E-state index contributed by atoms with van der Waals surface area (Å²) in [5, 5.41) is 5.64. The zero-order chi connectivity index (χ0) is 15.1. The van der Waals surface area contributed by atoms with Crippen LogP contribution in [0.4, 0.5) is 4.79 Å². The Morgan fingerprint density at radius 2 is 1.95 bits per heavy atom. The number of ether oxygens (including phenoxy) is 1.